The number of allylic oxidation sites excluding steroid dienone is 1. The molecule has 0 atom stereocenters. The number of rotatable bonds is 11. The molecule has 0 aliphatic heterocycles. The second kappa shape index (κ2) is 12.8. The zero-order chi connectivity index (χ0) is 26.9. The highest BCUT2D eigenvalue weighted by atomic mass is 19.1. The Morgan fingerprint density at radius 3 is 2.63 bits per heavy atom. The number of halogens is 1. The van der Waals surface area contributed by atoms with E-state index in [-0.39, 0.29) is 5.91 Å². The summed E-state index contributed by atoms with van der Waals surface area (Å²) in [5, 5.41) is 10.1. The van der Waals surface area contributed by atoms with Gasteiger partial charge in [0.15, 0.2) is 0 Å². The van der Waals surface area contributed by atoms with Crippen molar-refractivity contribution in [3.8, 4) is 5.75 Å². The van der Waals surface area contributed by atoms with Gasteiger partial charge in [0.1, 0.15) is 12.4 Å². The number of nitrogens with zero attached hydrogens (tertiary/aromatic N) is 3. The van der Waals surface area contributed by atoms with Crippen LogP contribution in [-0.4, -0.2) is 59.8 Å². The fraction of sp³-hybridized carbons (Fsp3) is 0.233. The summed E-state index contributed by atoms with van der Waals surface area (Å²) in [6.07, 6.45) is 5.81. The van der Waals surface area contributed by atoms with E-state index < -0.39 is 5.95 Å². The van der Waals surface area contributed by atoms with Crippen LogP contribution < -0.4 is 10.1 Å². The number of carbonyl (C=O) groups excluding carboxylic acids is 1. The van der Waals surface area contributed by atoms with Crippen molar-refractivity contribution in [3.05, 3.63) is 102 Å². The molecule has 0 saturated heterocycles. The van der Waals surface area contributed by atoms with E-state index in [2.05, 4.69) is 34.6 Å². The monoisotopic (exact) mass is 513 g/mol. The number of hydrogen-bond donors (Lipinski definition) is 2. The predicted octanol–water partition coefficient (Wildman–Crippen LogP) is 5.08. The number of hydrogen-bond acceptors (Lipinski definition) is 5. The van der Waals surface area contributed by atoms with Gasteiger partial charge in [0.25, 0.3) is 0 Å². The molecule has 0 spiro atoms. The maximum atomic E-state index is 14.3. The molecule has 0 aliphatic rings. The summed E-state index contributed by atoms with van der Waals surface area (Å²) >= 11 is 0. The Hall–Kier alpha value is -4.30. The number of aromatic nitrogens is 3. The van der Waals surface area contributed by atoms with E-state index in [1.807, 2.05) is 48.5 Å². The van der Waals surface area contributed by atoms with Crippen LogP contribution in [0.1, 0.15) is 30.2 Å². The van der Waals surface area contributed by atoms with E-state index in [9.17, 15) is 9.18 Å². The molecule has 38 heavy (non-hydrogen) atoms. The molecule has 0 unspecified atom stereocenters. The van der Waals surface area contributed by atoms with Crippen LogP contribution in [0.15, 0.2) is 79.0 Å². The molecule has 7 nitrogen and oxygen atoms in total. The van der Waals surface area contributed by atoms with Crippen molar-refractivity contribution < 1.29 is 13.9 Å². The maximum absolute atomic E-state index is 14.3. The molecule has 2 aromatic carbocycles. The van der Waals surface area contributed by atoms with Crippen molar-refractivity contribution in [1.82, 2.24) is 25.4 Å². The summed E-state index contributed by atoms with van der Waals surface area (Å²) in [5.41, 5.74) is 5.36. The highest BCUT2D eigenvalue weighted by Crippen LogP contribution is 2.35. The molecule has 4 aromatic rings. The minimum Gasteiger partial charge on any atom is -0.491 e. The molecule has 2 aromatic heterocycles. The molecule has 0 radical (unpaired) electrons. The summed E-state index contributed by atoms with van der Waals surface area (Å²) in [4.78, 5) is 17.8. The van der Waals surface area contributed by atoms with Crippen molar-refractivity contribution in [3.63, 3.8) is 0 Å². The lowest BCUT2D eigenvalue weighted by Crippen LogP contribution is -2.22. The maximum Gasteiger partial charge on any atom is 0.245 e. The van der Waals surface area contributed by atoms with E-state index in [1.165, 1.54) is 4.90 Å². The van der Waals surface area contributed by atoms with Crippen LogP contribution in [0.5, 0.6) is 5.75 Å². The molecule has 0 bridgehead atoms. The third kappa shape index (κ3) is 6.52. The van der Waals surface area contributed by atoms with E-state index in [0.29, 0.717) is 36.3 Å². The minimum absolute atomic E-state index is 0.0454. The number of aromatic amines is 1. The summed E-state index contributed by atoms with van der Waals surface area (Å²) in [5.74, 6) is 0.155. The van der Waals surface area contributed by atoms with Crippen LogP contribution in [-0.2, 0) is 4.79 Å². The van der Waals surface area contributed by atoms with Crippen molar-refractivity contribution in [2.75, 3.05) is 33.8 Å². The average Bonchev–Trinajstić information content (AvgIpc) is 3.31. The van der Waals surface area contributed by atoms with E-state index >= 15 is 0 Å². The highest BCUT2D eigenvalue weighted by molar-refractivity contribution is 5.99. The molecule has 0 saturated carbocycles. The third-order valence-corrected chi connectivity index (χ3v) is 6.08. The molecule has 8 heteroatoms. The first-order chi connectivity index (χ1) is 18.5. The summed E-state index contributed by atoms with van der Waals surface area (Å²) in [7, 11) is 3.43. The molecule has 2 heterocycles. The number of H-pyrrole nitrogens is 1. The van der Waals surface area contributed by atoms with Gasteiger partial charge >= 0.3 is 0 Å². The smallest absolute Gasteiger partial charge is 0.245 e. The van der Waals surface area contributed by atoms with Crippen LogP contribution in [0.3, 0.4) is 0 Å². The quantitative estimate of drug-likeness (QED) is 0.166. The van der Waals surface area contributed by atoms with Crippen molar-refractivity contribution in [2.24, 2.45) is 0 Å². The number of benzene rings is 2. The standard InChI is InChI=1S/C30H32FN5O2/c1-4-24(21-9-6-5-7-10-21)29(22-12-14-26-25(19-22)30(31)35-34-26)27-15-13-23(20-33-27)38-18-17-32-16-8-11-28(37)36(2)3/h5-15,19-20,32H,4,16-18H2,1-3H3,(H,34,35). The molecule has 0 aliphatic carbocycles. The molecule has 2 N–H and O–H groups in total. The van der Waals surface area contributed by atoms with Crippen LogP contribution in [0.25, 0.3) is 22.0 Å². The van der Waals surface area contributed by atoms with Gasteiger partial charge in [0.05, 0.1) is 22.8 Å². The Kier molecular flexibility index (Phi) is 9.00. The Bertz CT molecular complexity index is 1430. The number of fused-ring (bicyclic) bond motifs is 1. The lowest BCUT2D eigenvalue weighted by atomic mass is 9.90. The third-order valence-electron chi connectivity index (χ3n) is 6.08. The molecule has 196 valence electrons. The van der Waals surface area contributed by atoms with Gasteiger partial charge < -0.3 is 15.0 Å². The van der Waals surface area contributed by atoms with Gasteiger partial charge in [-0.1, -0.05) is 49.4 Å². The van der Waals surface area contributed by atoms with Crippen molar-refractivity contribution in [1.29, 1.82) is 0 Å². The van der Waals surface area contributed by atoms with Gasteiger partial charge in [0.2, 0.25) is 11.9 Å². The Morgan fingerprint density at radius 1 is 1.11 bits per heavy atom. The molecular formula is C30H32FN5O2. The molecule has 0 fully saturated rings. The first-order valence-corrected chi connectivity index (χ1v) is 12.6. The van der Waals surface area contributed by atoms with E-state index in [0.717, 1.165) is 34.4 Å². The summed E-state index contributed by atoms with van der Waals surface area (Å²) < 4.78 is 20.2. The molecular weight excluding hydrogens is 481 g/mol. The summed E-state index contributed by atoms with van der Waals surface area (Å²) in [6.45, 7) is 3.77. The normalized spacial score (nSPS) is 12.1. The number of nitrogens with one attached hydrogen (secondary N) is 2. The van der Waals surface area contributed by atoms with Gasteiger partial charge in [-0.25, -0.2) is 0 Å². The van der Waals surface area contributed by atoms with Crippen LogP contribution in [0.2, 0.25) is 0 Å². The number of pyridine rings is 1. The van der Waals surface area contributed by atoms with Gasteiger partial charge in [-0.05, 0) is 47.4 Å². The highest BCUT2D eigenvalue weighted by Gasteiger charge is 2.16. The van der Waals surface area contributed by atoms with Gasteiger partial charge in [-0.2, -0.15) is 9.49 Å². The zero-order valence-corrected chi connectivity index (χ0v) is 21.9. The SMILES string of the molecule is CCC(=C(c1ccc2n[nH]c(F)c2c1)c1ccc(OCCNCC=CC(=O)N(C)C)cn1)c1ccccc1. The summed E-state index contributed by atoms with van der Waals surface area (Å²) in [6, 6.07) is 19.6. The largest absolute Gasteiger partial charge is 0.491 e. The molecule has 4 rings (SSSR count). The first kappa shape index (κ1) is 26.8. The fourth-order valence-corrected chi connectivity index (χ4v) is 4.12. The Balaban J connectivity index is 1.53. The van der Waals surface area contributed by atoms with Crippen molar-refractivity contribution in [2.45, 2.75) is 13.3 Å². The Morgan fingerprint density at radius 2 is 1.92 bits per heavy atom. The van der Waals surface area contributed by atoms with Gasteiger partial charge in [0, 0.05) is 38.8 Å². The van der Waals surface area contributed by atoms with E-state index in [1.54, 1.807) is 32.4 Å². The number of carbonyl (C=O) groups is 1. The fourth-order valence-electron chi connectivity index (χ4n) is 4.12. The minimum atomic E-state index is -0.455. The van der Waals surface area contributed by atoms with Crippen molar-refractivity contribution >= 4 is 28.0 Å². The zero-order valence-electron chi connectivity index (χ0n) is 21.9. The predicted molar refractivity (Wildman–Crippen MR) is 149 cm³/mol. The average molecular weight is 514 g/mol. The van der Waals surface area contributed by atoms with Crippen LogP contribution in [0, 0.1) is 5.95 Å². The lowest BCUT2D eigenvalue weighted by Gasteiger charge is -2.16. The second-order valence-corrected chi connectivity index (χ2v) is 8.91. The van der Waals surface area contributed by atoms with Gasteiger partial charge in [-0.15, -0.1) is 0 Å². The van der Waals surface area contributed by atoms with Crippen LogP contribution >= 0.6 is 0 Å². The van der Waals surface area contributed by atoms with E-state index in [4.69, 9.17) is 9.72 Å². The first-order valence-electron chi connectivity index (χ1n) is 12.6. The van der Waals surface area contributed by atoms with Gasteiger partial charge in [-0.3, -0.25) is 14.9 Å². The second-order valence-electron chi connectivity index (χ2n) is 8.91. The van der Waals surface area contributed by atoms with Crippen LogP contribution in [0.4, 0.5) is 4.39 Å². The number of ether oxygens (including phenoxy) is 1. The topological polar surface area (TPSA) is 83.1 Å². The Labute approximate surface area is 222 Å². The lowest BCUT2D eigenvalue weighted by molar-refractivity contribution is -0.123. The number of amides is 1. The molecule has 1 amide bonds. The number of likely N-dealkylation sites (N-methyl/N-ethyl adjacent to an activating group) is 1.